The second kappa shape index (κ2) is 8.29. The molecule has 2 aliphatic heterocycles. The first-order valence-corrected chi connectivity index (χ1v) is 11.7. The van der Waals surface area contributed by atoms with Crippen molar-refractivity contribution < 1.29 is 9.59 Å². The van der Waals surface area contributed by atoms with Crippen LogP contribution in [0, 0.1) is 0 Å². The maximum absolute atomic E-state index is 13.0. The van der Waals surface area contributed by atoms with Crippen LogP contribution < -0.4 is 0 Å². The summed E-state index contributed by atoms with van der Waals surface area (Å²) in [5, 5.41) is 9.44. The maximum atomic E-state index is 13.0. The van der Waals surface area contributed by atoms with Gasteiger partial charge in [-0.15, -0.1) is 10.2 Å². The highest BCUT2D eigenvalue weighted by Gasteiger charge is 2.39. The van der Waals surface area contributed by atoms with Gasteiger partial charge in [0, 0.05) is 28.6 Å². The van der Waals surface area contributed by atoms with Crippen LogP contribution in [0.4, 0.5) is 0 Å². The van der Waals surface area contributed by atoms with Crippen LogP contribution >= 0.6 is 11.6 Å². The number of amides is 2. The molecule has 3 aromatic carbocycles. The molecule has 0 saturated carbocycles. The molecular weight excluding hydrogens is 462 g/mol. The van der Waals surface area contributed by atoms with Crippen LogP contribution in [0.5, 0.6) is 0 Å². The molecule has 0 aliphatic carbocycles. The molecule has 172 valence electrons. The van der Waals surface area contributed by atoms with Crippen LogP contribution in [0.15, 0.2) is 77.8 Å². The highest BCUT2D eigenvalue weighted by molar-refractivity contribution is 6.31. The van der Waals surface area contributed by atoms with Gasteiger partial charge in [-0.3, -0.25) is 24.0 Å². The van der Waals surface area contributed by atoms with Crippen molar-refractivity contribution in [3.63, 3.8) is 0 Å². The summed E-state index contributed by atoms with van der Waals surface area (Å²) in [6, 6.07) is 22.1. The third-order valence-corrected chi connectivity index (χ3v) is 6.66. The largest absolute Gasteiger partial charge is 0.281 e. The predicted octanol–water partition coefficient (Wildman–Crippen LogP) is 4.50. The van der Waals surface area contributed by atoms with Crippen molar-refractivity contribution in [2.75, 3.05) is 0 Å². The molecule has 0 fully saturated rings. The second-order valence-electron chi connectivity index (χ2n) is 8.64. The highest BCUT2D eigenvalue weighted by atomic mass is 35.5. The molecule has 3 heterocycles. The highest BCUT2D eigenvalue weighted by Crippen LogP contribution is 2.30. The molecule has 0 bridgehead atoms. The van der Waals surface area contributed by atoms with Gasteiger partial charge in [-0.1, -0.05) is 54.1 Å². The lowest BCUT2D eigenvalue weighted by atomic mass is 10.0. The van der Waals surface area contributed by atoms with Gasteiger partial charge in [0.2, 0.25) is 0 Å². The Morgan fingerprint density at radius 2 is 1.57 bits per heavy atom. The Balaban J connectivity index is 1.39. The van der Waals surface area contributed by atoms with E-state index < -0.39 is 6.04 Å². The second-order valence-corrected chi connectivity index (χ2v) is 9.08. The summed E-state index contributed by atoms with van der Waals surface area (Å²) < 4.78 is 1.97. The molecule has 0 saturated heterocycles. The van der Waals surface area contributed by atoms with Gasteiger partial charge in [-0.25, -0.2) is 0 Å². The van der Waals surface area contributed by atoms with Crippen LogP contribution in [-0.4, -0.2) is 43.2 Å². The molecule has 1 atom stereocenters. The fourth-order valence-corrected chi connectivity index (χ4v) is 4.97. The van der Waals surface area contributed by atoms with Crippen LogP contribution in [0.2, 0.25) is 5.02 Å². The molecule has 1 aromatic heterocycles. The fraction of sp³-hybridized carbons (Fsp3) is 0.148. The van der Waals surface area contributed by atoms with Gasteiger partial charge in [0.05, 0.1) is 22.5 Å². The van der Waals surface area contributed by atoms with Gasteiger partial charge in [-0.05, 0) is 37.3 Å². The molecule has 0 spiro atoms. The Bertz CT molecular complexity index is 1490. The molecule has 0 N–H and O–H groups in total. The van der Waals surface area contributed by atoms with E-state index in [-0.39, 0.29) is 11.8 Å². The van der Waals surface area contributed by atoms with E-state index in [2.05, 4.69) is 10.2 Å². The lowest BCUT2D eigenvalue weighted by Gasteiger charge is -2.22. The Hall–Kier alpha value is -4.10. The van der Waals surface area contributed by atoms with Gasteiger partial charge >= 0.3 is 0 Å². The van der Waals surface area contributed by atoms with Crippen LogP contribution in [-0.2, 0) is 13.0 Å². The number of fused-ring (bicyclic) bond motifs is 4. The van der Waals surface area contributed by atoms with Crippen molar-refractivity contribution in [2.24, 2.45) is 4.99 Å². The van der Waals surface area contributed by atoms with Crippen LogP contribution in [0.3, 0.4) is 0 Å². The van der Waals surface area contributed by atoms with Gasteiger partial charge in [-0.2, -0.15) is 0 Å². The first-order valence-electron chi connectivity index (χ1n) is 11.3. The van der Waals surface area contributed by atoms with Crippen molar-refractivity contribution in [1.82, 2.24) is 19.7 Å². The van der Waals surface area contributed by atoms with Crippen LogP contribution in [0.1, 0.15) is 50.4 Å². The lowest BCUT2D eigenvalue weighted by molar-refractivity contribution is 0.0595. The SMILES string of the molecule is C[C@H](Cc1nnc2n1-c1ccc(Cl)cc1C(c1ccccc1)=NC2)N1C(=O)c2ccccc2C1=O. The minimum Gasteiger partial charge on any atom is -0.281 e. The lowest BCUT2D eigenvalue weighted by Crippen LogP contribution is -2.39. The zero-order valence-electron chi connectivity index (χ0n) is 18.9. The van der Waals surface area contributed by atoms with Gasteiger partial charge < -0.3 is 0 Å². The quantitative estimate of drug-likeness (QED) is 0.402. The number of aromatic nitrogens is 3. The van der Waals surface area contributed by atoms with Crippen molar-refractivity contribution in [3.05, 3.63) is 112 Å². The normalized spacial score (nSPS) is 15.3. The molecule has 2 aliphatic rings. The zero-order valence-corrected chi connectivity index (χ0v) is 19.6. The number of hydrogen-bond donors (Lipinski definition) is 0. The molecule has 8 heteroatoms. The minimum absolute atomic E-state index is 0.282. The summed E-state index contributed by atoms with van der Waals surface area (Å²) in [4.78, 5) is 32.1. The van der Waals surface area contributed by atoms with E-state index in [1.54, 1.807) is 24.3 Å². The third-order valence-electron chi connectivity index (χ3n) is 6.42. The number of halogens is 1. The number of rotatable bonds is 4. The number of nitrogens with zero attached hydrogens (tertiary/aromatic N) is 5. The van der Waals surface area contributed by atoms with Crippen molar-refractivity contribution in [2.45, 2.75) is 25.9 Å². The monoisotopic (exact) mass is 481 g/mol. The smallest absolute Gasteiger partial charge is 0.261 e. The van der Waals surface area contributed by atoms with Crippen molar-refractivity contribution in [3.8, 4) is 5.69 Å². The average Bonchev–Trinajstić information content (AvgIpc) is 3.32. The topological polar surface area (TPSA) is 80.5 Å². The summed E-state index contributed by atoms with van der Waals surface area (Å²) >= 11 is 6.39. The Morgan fingerprint density at radius 3 is 2.29 bits per heavy atom. The van der Waals surface area contributed by atoms with E-state index >= 15 is 0 Å². The predicted molar refractivity (Wildman–Crippen MR) is 132 cm³/mol. The summed E-state index contributed by atoms with van der Waals surface area (Å²) in [7, 11) is 0. The summed E-state index contributed by atoms with van der Waals surface area (Å²) in [5.74, 6) is 0.771. The fourth-order valence-electron chi connectivity index (χ4n) is 4.80. The van der Waals surface area contributed by atoms with Gasteiger partial charge in [0.25, 0.3) is 11.8 Å². The number of hydrogen-bond acceptors (Lipinski definition) is 5. The molecule has 2 amide bonds. The molecule has 6 rings (SSSR count). The van der Waals surface area contributed by atoms with Crippen molar-refractivity contribution in [1.29, 1.82) is 0 Å². The van der Waals surface area contributed by atoms with Gasteiger partial charge in [0.15, 0.2) is 5.82 Å². The van der Waals surface area contributed by atoms with Crippen LogP contribution in [0.25, 0.3) is 5.69 Å². The number of aliphatic imine (C=N–C) groups is 1. The first kappa shape index (κ1) is 21.4. The molecule has 0 radical (unpaired) electrons. The van der Waals surface area contributed by atoms with E-state index in [1.807, 2.05) is 60.0 Å². The Labute approximate surface area is 206 Å². The maximum Gasteiger partial charge on any atom is 0.261 e. The number of imide groups is 1. The average molecular weight is 482 g/mol. The van der Waals surface area contributed by atoms with E-state index in [0.29, 0.717) is 40.8 Å². The molecule has 35 heavy (non-hydrogen) atoms. The summed E-state index contributed by atoms with van der Waals surface area (Å²) in [5.41, 5.74) is 4.41. The number of benzene rings is 3. The Kier molecular flexibility index (Phi) is 5.07. The first-order chi connectivity index (χ1) is 17.0. The standard InChI is InChI=1S/C27H20ClN5O2/c1-16(32-26(34)19-9-5-6-10-20(19)27(32)35)13-23-30-31-24-15-29-25(17-7-3-2-4-8-17)21-14-18(28)11-12-22(21)33(23)24/h2-12,14,16H,13,15H2,1H3/t16-/m1/s1. The molecular formula is C27H20ClN5O2. The summed E-state index contributed by atoms with van der Waals surface area (Å²) in [6.07, 6.45) is 0.348. The zero-order chi connectivity index (χ0) is 24.1. The Morgan fingerprint density at radius 1 is 0.886 bits per heavy atom. The molecule has 7 nitrogen and oxygen atoms in total. The number of carbonyl (C=O) groups is 2. The molecule has 4 aromatic rings. The minimum atomic E-state index is -0.413. The number of carbonyl (C=O) groups excluding carboxylic acids is 2. The van der Waals surface area contributed by atoms with E-state index in [4.69, 9.17) is 16.6 Å². The van der Waals surface area contributed by atoms with E-state index in [0.717, 1.165) is 22.5 Å². The summed E-state index contributed by atoms with van der Waals surface area (Å²) in [6.45, 7) is 2.19. The van der Waals surface area contributed by atoms with Crippen molar-refractivity contribution >= 4 is 29.1 Å². The van der Waals surface area contributed by atoms with Gasteiger partial charge in [0.1, 0.15) is 12.4 Å². The van der Waals surface area contributed by atoms with E-state index in [1.165, 1.54) is 4.90 Å². The third kappa shape index (κ3) is 3.47. The van der Waals surface area contributed by atoms with E-state index in [9.17, 15) is 9.59 Å². The molecule has 0 unspecified atom stereocenters.